The van der Waals surface area contributed by atoms with Gasteiger partial charge < -0.3 is 5.32 Å². The molecule has 2 rings (SSSR count). The normalized spacial score (nSPS) is 10.3. The fourth-order valence-electron chi connectivity index (χ4n) is 1.65. The third kappa shape index (κ3) is 2.74. The van der Waals surface area contributed by atoms with Crippen molar-refractivity contribution in [2.45, 2.75) is 13.8 Å². The zero-order valence-electron chi connectivity index (χ0n) is 9.87. The van der Waals surface area contributed by atoms with E-state index in [4.69, 9.17) is 11.6 Å². The first-order valence-corrected chi connectivity index (χ1v) is 5.93. The smallest absolute Gasteiger partial charge is 0.130 e. The molecule has 17 heavy (non-hydrogen) atoms. The number of benzene rings is 1. The average Bonchev–Trinajstić information content (AvgIpc) is 2.29. The summed E-state index contributed by atoms with van der Waals surface area (Å²) in [6.45, 7) is 4.74. The molecule has 88 valence electrons. The molecule has 0 aliphatic carbocycles. The number of rotatable bonds is 3. The number of aromatic nitrogens is 2. The molecule has 0 aliphatic rings. The van der Waals surface area contributed by atoms with Crippen LogP contribution in [-0.2, 0) is 0 Å². The van der Waals surface area contributed by atoms with Gasteiger partial charge in [-0.15, -0.1) is 0 Å². The predicted octanol–water partition coefficient (Wildman–Crippen LogP) is 3.54. The molecule has 1 aromatic heterocycles. The molecule has 0 radical (unpaired) electrons. The Bertz CT molecular complexity index is 526. The Kier molecular flexibility index (Phi) is 3.59. The molecule has 1 N–H and O–H groups in total. The third-order valence-corrected chi connectivity index (χ3v) is 2.68. The lowest BCUT2D eigenvalue weighted by Crippen LogP contribution is -2.02. The summed E-state index contributed by atoms with van der Waals surface area (Å²) in [6, 6.07) is 9.59. The highest BCUT2D eigenvalue weighted by Gasteiger charge is 2.06. The summed E-state index contributed by atoms with van der Waals surface area (Å²) in [6.07, 6.45) is 0. The Labute approximate surface area is 106 Å². The van der Waals surface area contributed by atoms with Crippen LogP contribution in [0.5, 0.6) is 0 Å². The van der Waals surface area contributed by atoms with Gasteiger partial charge in [-0.25, -0.2) is 9.97 Å². The fraction of sp³-hybridized carbons (Fsp3) is 0.231. The average molecular weight is 248 g/mol. The highest BCUT2D eigenvalue weighted by molar-refractivity contribution is 6.33. The van der Waals surface area contributed by atoms with Crippen molar-refractivity contribution in [3.63, 3.8) is 0 Å². The monoisotopic (exact) mass is 247 g/mol. The predicted molar refractivity (Wildman–Crippen MR) is 71.4 cm³/mol. The second kappa shape index (κ2) is 5.15. The summed E-state index contributed by atoms with van der Waals surface area (Å²) in [5, 5.41) is 3.89. The standard InChI is InChI=1S/C13H14ClN3/c1-3-15-13-8-12(16-9(2)17-13)10-6-4-5-7-11(10)14/h4-8H,3H2,1-2H3,(H,15,16,17). The van der Waals surface area contributed by atoms with E-state index in [1.807, 2.05) is 44.2 Å². The summed E-state index contributed by atoms with van der Waals surface area (Å²) in [4.78, 5) is 8.73. The summed E-state index contributed by atoms with van der Waals surface area (Å²) in [7, 11) is 0. The topological polar surface area (TPSA) is 37.8 Å². The van der Waals surface area contributed by atoms with Gasteiger partial charge in [-0.05, 0) is 19.9 Å². The number of anilines is 1. The number of nitrogens with one attached hydrogen (secondary N) is 1. The first-order chi connectivity index (χ1) is 8.20. The SMILES string of the molecule is CCNc1cc(-c2ccccc2Cl)nc(C)n1. The summed E-state index contributed by atoms with van der Waals surface area (Å²) in [5.74, 6) is 1.56. The van der Waals surface area contributed by atoms with Gasteiger partial charge in [-0.3, -0.25) is 0 Å². The van der Waals surface area contributed by atoms with Gasteiger partial charge in [-0.2, -0.15) is 0 Å². The van der Waals surface area contributed by atoms with Crippen LogP contribution >= 0.6 is 11.6 Å². The maximum absolute atomic E-state index is 6.16. The van der Waals surface area contributed by atoms with Crippen molar-refractivity contribution in [1.82, 2.24) is 9.97 Å². The van der Waals surface area contributed by atoms with Crippen molar-refractivity contribution in [1.29, 1.82) is 0 Å². The van der Waals surface area contributed by atoms with Crippen molar-refractivity contribution in [3.05, 3.63) is 41.2 Å². The van der Waals surface area contributed by atoms with Gasteiger partial charge in [0.1, 0.15) is 11.6 Å². The van der Waals surface area contributed by atoms with E-state index in [2.05, 4.69) is 15.3 Å². The maximum Gasteiger partial charge on any atom is 0.130 e. The molecule has 4 heteroatoms. The highest BCUT2D eigenvalue weighted by atomic mass is 35.5. The number of halogens is 1. The van der Waals surface area contributed by atoms with Crippen molar-refractivity contribution in [2.24, 2.45) is 0 Å². The lowest BCUT2D eigenvalue weighted by Gasteiger charge is -2.08. The van der Waals surface area contributed by atoms with E-state index < -0.39 is 0 Å². The van der Waals surface area contributed by atoms with Crippen molar-refractivity contribution in [3.8, 4) is 11.3 Å². The molecule has 0 fully saturated rings. The van der Waals surface area contributed by atoms with E-state index in [1.165, 1.54) is 0 Å². The summed E-state index contributed by atoms with van der Waals surface area (Å²) >= 11 is 6.16. The molecule has 0 amide bonds. The molecule has 2 aromatic rings. The quantitative estimate of drug-likeness (QED) is 0.902. The van der Waals surface area contributed by atoms with E-state index in [9.17, 15) is 0 Å². The number of aryl methyl sites for hydroxylation is 1. The van der Waals surface area contributed by atoms with E-state index in [-0.39, 0.29) is 0 Å². The number of hydrogen-bond acceptors (Lipinski definition) is 3. The number of nitrogens with zero attached hydrogens (tertiary/aromatic N) is 2. The van der Waals surface area contributed by atoms with Crippen LogP contribution in [0.15, 0.2) is 30.3 Å². The Morgan fingerprint density at radius 3 is 2.71 bits per heavy atom. The van der Waals surface area contributed by atoms with Gasteiger partial charge in [0.15, 0.2) is 0 Å². The van der Waals surface area contributed by atoms with Crippen molar-refractivity contribution in [2.75, 3.05) is 11.9 Å². The van der Waals surface area contributed by atoms with Crippen molar-refractivity contribution >= 4 is 17.4 Å². The third-order valence-electron chi connectivity index (χ3n) is 2.35. The zero-order chi connectivity index (χ0) is 12.3. The van der Waals surface area contributed by atoms with Crippen LogP contribution in [0.2, 0.25) is 5.02 Å². The molecule has 0 atom stereocenters. The van der Waals surface area contributed by atoms with Gasteiger partial charge in [0, 0.05) is 23.2 Å². The molecule has 0 saturated carbocycles. The summed E-state index contributed by atoms with van der Waals surface area (Å²) < 4.78 is 0. The van der Waals surface area contributed by atoms with E-state index >= 15 is 0 Å². The molecule has 0 spiro atoms. The maximum atomic E-state index is 6.16. The van der Waals surface area contributed by atoms with E-state index in [0.717, 1.165) is 29.4 Å². The first-order valence-electron chi connectivity index (χ1n) is 5.55. The van der Waals surface area contributed by atoms with Crippen molar-refractivity contribution < 1.29 is 0 Å². The van der Waals surface area contributed by atoms with E-state index in [1.54, 1.807) is 0 Å². The van der Waals surface area contributed by atoms with Crippen LogP contribution in [0.1, 0.15) is 12.7 Å². The Balaban J connectivity index is 2.48. The van der Waals surface area contributed by atoms with Gasteiger partial charge >= 0.3 is 0 Å². The van der Waals surface area contributed by atoms with E-state index in [0.29, 0.717) is 5.02 Å². The largest absolute Gasteiger partial charge is 0.370 e. The molecular weight excluding hydrogens is 234 g/mol. The van der Waals surface area contributed by atoms with Crippen LogP contribution in [0, 0.1) is 6.92 Å². The van der Waals surface area contributed by atoms with Gasteiger partial charge in [0.25, 0.3) is 0 Å². The minimum Gasteiger partial charge on any atom is -0.370 e. The fourth-order valence-corrected chi connectivity index (χ4v) is 1.88. The Morgan fingerprint density at radius 1 is 1.24 bits per heavy atom. The van der Waals surface area contributed by atoms with Gasteiger partial charge in [0.2, 0.25) is 0 Å². The van der Waals surface area contributed by atoms with Crippen LogP contribution in [0.3, 0.4) is 0 Å². The second-order valence-electron chi connectivity index (χ2n) is 3.70. The highest BCUT2D eigenvalue weighted by Crippen LogP contribution is 2.27. The second-order valence-corrected chi connectivity index (χ2v) is 4.10. The molecule has 1 heterocycles. The van der Waals surface area contributed by atoms with Gasteiger partial charge in [-0.1, -0.05) is 29.8 Å². The Hall–Kier alpha value is -1.61. The van der Waals surface area contributed by atoms with Crippen LogP contribution < -0.4 is 5.32 Å². The molecule has 3 nitrogen and oxygen atoms in total. The minimum atomic E-state index is 0.702. The van der Waals surface area contributed by atoms with Crippen LogP contribution in [0.25, 0.3) is 11.3 Å². The molecule has 0 unspecified atom stereocenters. The minimum absolute atomic E-state index is 0.702. The zero-order valence-corrected chi connectivity index (χ0v) is 10.6. The van der Waals surface area contributed by atoms with Gasteiger partial charge in [0.05, 0.1) is 5.69 Å². The molecular formula is C13H14ClN3. The lowest BCUT2D eigenvalue weighted by molar-refractivity contribution is 1.04. The summed E-state index contributed by atoms with van der Waals surface area (Å²) in [5.41, 5.74) is 1.78. The number of hydrogen-bond donors (Lipinski definition) is 1. The lowest BCUT2D eigenvalue weighted by atomic mass is 10.1. The molecule has 0 bridgehead atoms. The first kappa shape index (κ1) is 11.9. The van der Waals surface area contributed by atoms with Crippen LogP contribution in [0.4, 0.5) is 5.82 Å². The Morgan fingerprint density at radius 2 is 2.00 bits per heavy atom. The molecule has 0 aliphatic heterocycles. The molecule has 0 saturated heterocycles. The van der Waals surface area contributed by atoms with Crippen LogP contribution in [-0.4, -0.2) is 16.5 Å². The molecule has 1 aromatic carbocycles.